The third-order valence-corrected chi connectivity index (χ3v) is 6.90. The number of hydrogen-bond acceptors (Lipinski definition) is 12. The molecule has 5 rings (SSSR count). The lowest BCUT2D eigenvalue weighted by Gasteiger charge is -2.38. The van der Waals surface area contributed by atoms with Crippen molar-refractivity contribution in [2.24, 2.45) is 0 Å². The molecule has 1 saturated heterocycles. The molecule has 0 bridgehead atoms. The van der Waals surface area contributed by atoms with Crippen LogP contribution in [0.25, 0.3) is 22.3 Å². The first-order chi connectivity index (χ1) is 18.3. The lowest BCUT2D eigenvalue weighted by Crippen LogP contribution is -2.61. The van der Waals surface area contributed by atoms with Gasteiger partial charge in [0.2, 0.25) is 17.5 Å². The lowest BCUT2D eigenvalue weighted by molar-refractivity contribution is -0.271. The second-order valence-corrected chi connectivity index (χ2v) is 10.0. The minimum atomic E-state index is -1.93. The van der Waals surface area contributed by atoms with Crippen LogP contribution in [-0.4, -0.2) is 84.1 Å². The van der Waals surface area contributed by atoms with Gasteiger partial charge in [0.15, 0.2) is 11.9 Å². The molecule has 0 saturated carbocycles. The van der Waals surface area contributed by atoms with Gasteiger partial charge in [-0.25, -0.2) is 4.79 Å². The molecule has 1 aromatic heterocycles. The average molecular weight is 546 g/mol. The van der Waals surface area contributed by atoms with E-state index in [0.717, 1.165) is 12.1 Å². The zero-order valence-corrected chi connectivity index (χ0v) is 20.6. The second kappa shape index (κ2) is 9.39. The number of phenolic OH excluding ortho intramolecular Hbond substituents is 1. The highest BCUT2D eigenvalue weighted by molar-refractivity contribution is 5.88. The first-order valence-electron chi connectivity index (χ1n) is 11.9. The maximum Gasteiger partial charge on any atom is 0.335 e. The Hall–Kier alpha value is -3.88. The Morgan fingerprint density at radius 1 is 1.03 bits per heavy atom. The second-order valence-electron chi connectivity index (χ2n) is 10.0. The van der Waals surface area contributed by atoms with Crippen molar-refractivity contribution in [1.29, 1.82) is 0 Å². The van der Waals surface area contributed by atoms with Crippen LogP contribution in [0.3, 0.4) is 0 Å². The van der Waals surface area contributed by atoms with Gasteiger partial charge in [0.1, 0.15) is 52.1 Å². The summed E-state index contributed by atoms with van der Waals surface area (Å²) in [6, 6.07) is 6.82. The van der Waals surface area contributed by atoms with Crippen molar-refractivity contribution >= 4 is 16.9 Å². The molecule has 7 N–H and O–H groups in total. The molecular weight excluding hydrogens is 520 g/mol. The molecule has 0 spiro atoms. The molecule has 3 heterocycles. The summed E-state index contributed by atoms with van der Waals surface area (Å²) in [5, 5.41) is 70.5. The first kappa shape index (κ1) is 26.7. The molecular formula is C26H26O13. The van der Waals surface area contributed by atoms with Crippen molar-refractivity contribution in [1.82, 2.24) is 0 Å². The summed E-state index contributed by atoms with van der Waals surface area (Å²) in [4.78, 5) is 24.3. The van der Waals surface area contributed by atoms with E-state index in [1.807, 2.05) is 0 Å². The number of carbonyl (C=O) groups is 1. The molecule has 2 aliphatic rings. The molecule has 2 aliphatic heterocycles. The molecule has 13 nitrogen and oxygen atoms in total. The van der Waals surface area contributed by atoms with E-state index in [9.17, 15) is 45.3 Å². The monoisotopic (exact) mass is 546 g/mol. The fourth-order valence-electron chi connectivity index (χ4n) is 4.60. The van der Waals surface area contributed by atoms with E-state index in [4.69, 9.17) is 18.6 Å². The van der Waals surface area contributed by atoms with Crippen LogP contribution in [0.15, 0.2) is 39.5 Å². The van der Waals surface area contributed by atoms with Crippen molar-refractivity contribution < 1.29 is 59.2 Å². The van der Waals surface area contributed by atoms with Gasteiger partial charge in [-0.15, -0.1) is 0 Å². The van der Waals surface area contributed by atoms with E-state index in [1.54, 1.807) is 32.0 Å². The van der Waals surface area contributed by atoms with Crippen molar-refractivity contribution in [3.05, 3.63) is 46.1 Å². The Morgan fingerprint density at radius 2 is 1.74 bits per heavy atom. The van der Waals surface area contributed by atoms with Crippen LogP contribution in [0.2, 0.25) is 0 Å². The van der Waals surface area contributed by atoms with E-state index >= 15 is 0 Å². The Morgan fingerprint density at radius 3 is 2.44 bits per heavy atom. The van der Waals surface area contributed by atoms with E-state index in [1.165, 1.54) is 0 Å². The van der Waals surface area contributed by atoms with Gasteiger partial charge in [-0.05, 0) is 37.6 Å². The quantitative estimate of drug-likeness (QED) is 0.233. The number of aliphatic hydroxyl groups excluding tert-OH is 4. The predicted octanol–water partition coefficient (Wildman–Crippen LogP) is 0.217. The zero-order valence-electron chi connectivity index (χ0n) is 20.6. The summed E-state index contributed by atoms with van der Waals surface area (Å²) in [6.45, 7) is 3.49. The van der Waals surface area contributed by atoms with Gasteiger partial charge < -0.3 is 54.4 Å². The summed E-state index contributed by atoms with van der Waals surface area (Å²) >= 11 is 0. The maximum absolute atomic E-state index is 13.0. The van der Waals surface area contributed by atoms with Gasteiger partial charge in [-0.2, -0.15) is 0 Å². The van der Waals surface area contributed by atoms with Crippen LogP contribution >= 0.6 is 0 Å². The van der Waals surface area contributed by atoms with E-state index in [0.29, 0.717) is 11.3 Å². The van der Waals surface area contributed by atoms with E-state index in [2.05, 4.69) is 0 Å². The van der Waals surface area contributed by atoms with Gasteiger partial charge in [0, 0.05) is 24.1 Å². The highest BCUT2D eigenvalue weighted by Gasteiger charge is 2.48. The van der Waals surface area contributed by atoms with Crippen molar-refractivity contribution in [2.75, 3.05) is 0 Å². The van der Waals surface area contributed by atoms with Crippen LogP contribution in [0.4, 0.5) is 0 Å². The number of ether oxygens (including phenoxy) is 3. The molecule has 1 fully saturated rings. The van der Waals surface area contributed by atoms with Crippen molar-refractivity contribution in [3.8, 4) is 34.3 Å². The summed E-state index contributed by atoms with van der Waals surface area (Å²) in [5.41, 5.74) is -1.12. The van der Waals surface area contributed by atoms with E-state index in [-0.39, 0.29) is 34.5 Å². The molecule has 3 aromatic rings. The maximum atomic E-state index is 13.0. The summed E-state index contributed by atoms with van der Waals surface area (Å²) in [7, 11) is 0. The third-order valence-electron chi connectivity index (χ3n) is 6.90. The van der Waals surface area contributed by atoms with Crippen LogP contribution in [0.1, 0.15) is 19.4 Å². The summed E-state index contributed by atoms with van der Waals surface area (Å²) in [5.74, 6) is -3.03. The molecule has 0 amide bonds. The molecule has 6 atom stereocenters. The number of carboxylic acid groups (broad SMARTS) is 1. The van der Waals surface area contributed by atoms with Crippen LogP contribution in [-0.2, 0) is 16.0 Å². The number of carboxylic acids is 1. The molecule has 2 aromatic carbocycles. The first-order valence-corrected chi connectivity index (χ1v) is 11.9. The number of rotatable bonds is 4. The van der Waals surface area contributed by atoms with Crippen molar-refractivity contribution in [3.63, 3.8) is 0 Å². The fourth-order valence-corrected chi connectivity index (χ4v) is 4.60. The highest BCUT2D eigenvalue weighted by Crippen LogP contribution is 2.40. The normalized spacial score (nSPS) is 27.9. The number of aromatic hydroxyl groups is 2. The van der Waals surface area contributed by atoms with E-state index < -0.39 is 65.3 Å². The Kier molecular flexibility index (Phi) is 6.44. The molecule has 39 heavy (non-hydrogen) atoms. The Labute approximate surface area is 219 Å². The Balaban J connectivity index is 1.53. The molecule has 13 heteroatoms. The van der Waals surface area contributed by atoms with Gasteiger partial charge in [0.25, 0.3) is 0 Å². The SMILES string of the molecule is CC1(C)Oc2ccc(-c3oc4cc(OC5OC(C(=O)O)C(O)C(O)C5O)cc(O)c4c(=O)c3O)cc2CC1O. The standard InChI is InChI=1S/C26H26O13/c1-26(2)15(28)6-10-5-9(3-4-13(10)39-26)22-19(31)17(29)16-12(27)7-11(8-14(16)37-22)36-25-21(33)18(30)20(32)23(38-25)24(34)35/h3-5,7-8,15,18,20-21,23,25,27-28,30-33H,6H2,1-2H3,(H,34,35). The minimum absolute atomic E-state index is 0.237. The number of hydrogen-bond donors (Lipinski definition) is 7. The number of aliphatic hydroxyl groups is 4. The van der Waals surface area contributed by atoms with Crippen molar-refractivity contribution in [2.45, 2.75) is 62.7 Å². The third kappa shape index (κ3) is 4.53. The van der Waals surface area contributed by atoms with Crippen LogP contribution in [0.5, 0.6) is 23.0 Å². The fraction of sp³-hybridized carbons (Fsp3) is 0.385. The molecule has 0 radical (unpaired) electrons. The van der Waals surface area contributed by atoms with Gasteiger partial charge in [-0.1, -0.05) is 0 Å². The number of aliphatic carboxylic acids is 1. The molecule has 208 valence electrons. The van der Waals surface area contributed by atoms with Gasteiger partial charge in [0.05, 0.1) is 6.10 Å². The highest BCUT2D eigenvalue weighted by atomic mass is 16.7. The smallest absolute Gasteiger partial charge is 0.335 e. The van der Waals surface area contributed by atoms with Crippen LogP contribution in [0, 0.1) is 0 Å². The number of fused-ring (bicyclic) bond motifs is 2. The summed E-state index contributed by atoms with van der Waals surface area (Å²) < 4.78 is 22.1. The van der Waals surface area contributed by atoms with Crippen LogP contribution < -0.4 is 14.9 Å². The number of phenols is 1. The zero-order chi connectivity index (χ0) is 28.4. The largest absolute Gasteiger partial charge is 0.507 e. The van der Waals surface area contributed by atoms with Gasteiger partial charge >= 0.3 is 5.97 Å². The topological polar surface area (TPSA) is 217 Å². The summed E-state index contributed by atoms with van der Waals surface area (Å²) in [6.07, 6.45) is -9.98. The predicted molar refractivity (Wildman–Crippen MR) is 131 cm³/mol. The minimum Gasteiger partial charge on any atom is -0.507 e. The van der Waals surface area contributed by atoms with Gasteiger partial charge in [-0.3, -0.25) is 4.79 Å². The lowest BCUT2D eigenvalue weighted by atomic mass is 9.90. The average Bonchev–Trinajstić information content (AvgIpc) is 2.86. The Bertz CT molecular complexity index is 1510. The molecule has 0 aliphatic carbocycles. The number of benzene rings is 2. The molecule has 6 unspecified atom stereocenters.